The van der Waals surface area contributed by atoms with Crippen molar-refractivity contribution in [3.05, 3.63) is 42.5 Å². The zero-order valence-electron chi connectivity index (χ0n) is 11.2. The van der Waals surface area contributed by atoms with Crippen molar-refractivity contribution in [3.8, 4) is 11.5 Å². The molecule has 0 bridgehead atoms. The molecule has 0 saturated heterocycles. The summed E-state index contributed by atoms with van der Waals surface area (Å²) in [6.07, 6.45) is 0. The number of hydrogen-bond donors (Lipinski definition) is 1. The summed E-state index contributed by atoms with van der Waals surface area (Å²) < 4.78 is 11.7. The molecule has 5 heteroatoms. The van der Waals surface area contributed by atoms with Gasteiger partial charge in [-0.1, -0.05) is 23.5 Å². The van der Waals surface area contributed by atoms with Crippen molar-refractivity contribution in [2.75, 3.05) is 19.5 Å². The summed E-state index contributed by atoms with van der Waals surface area (Å²) in [5.74, 6) is 1.49. The zero-order chi connectivity index (χ0) is 13.9. The first kappa shape index (κ1) is 12.7. The second-order valence-electron chi connectivity index (χ2n) is 4.21. The molecule has 0 spiro atoms. The molecule has 1 N–H and O–H groups in total. The highest BCUT2D eigenvalue weighted by Gasteiger charge is 2.06. The number of fused-ring (bicyclic) bond motifs is 1. The molecule has 2 aromatic carbocycles. The van der Waals surface area contributed by atoms with Gasteiger partial charge in [-0.2, -0.15) is 0 Å². The van der Waals surface area contributed by atoms with Crippen LogP contribution in [0, 0.1) is 0 Å². The summed E-state index contributed by atoms with van der Waals surface area (Å²) in [6.45, 7) is 0. The maximum Gasteiger partial charge on any atom is 0.188 e. The van der Waals surface area contributed by atoms with Gasteiger partial charge in [-0.05, 0) is 12.1 Å². The number of nitrogens with zero attached hydrogens (tertiary/aromatic N) is 1. The molecule has 0 fully saturated rings. The Hall–Kier alpha value is -2.27. The second kappa shape index (κ2) is 5.38. The number of benzene rings is 2. The van der Waals surface area contributed by atoms with Gasteiger partial charge in [0, 0.05) is 23.9 Å². The first-order valence-electron chi connectivity index (χ1n) is 6.14. The molecule has 0 unspecified atom stereocenters. The van der Waals surface area contributed by atoms with Crippen molar-refractivity contribution in [1.82, 2.24) is 4.98 Å². The van der Waals surface area contributed by atoms with Crippen LogP contribution in [0.5, 0.6) is 11.5 Å². The van der Waals surface area contributed by atoms with Gasteiger partial charge in [0.1, 0.15) is 11.5 Å². The Morgan fingerprint density at radius 2 is 1.70 bits per heavy atom. The molecule has 0 aliphatic carbocycles. The van der Waals surface area contributed by atoms with E-state index in [9.17, 15) is 0 Å². The number of anilines is 2. The van der Waals surface area contributed by atoms with E-state index < -0.39 is 0 Å². The van der Waals surface area contributed by atoms with Gasteiger partial charge in [0.2, 0.25) is 0 Å². The zero-order valence-corrected chi connectivity index (χ0v) is 12.0. The first-order valence-corrected chi connectivity index (χ1v) is 6.96. The van der Waals surface area contributed by atoms with Crippen LogP contribution in [0.4, 0.5) is 10.8 Å². The van der Waals surface area contributed by atoms with Crippen molar-refractivity contribution >= 4 is 32.4 Å². The Balaban J connectivity index is 1.93. The molecular weight excluding hydrogens is 272 g/mol. The Labute approximate surface area is 121 Å². The van der Waals surface area contributed by atoms with Crippen LogP contribution in [0.3, 0.4) is 0 Å². The van der Waals surface area contributed by atoms with Crippen LogP contribution in [-0.4, -0.2) is 19.2 Å². The molecule has 3 rings (SSSR count). The van der Waals surface area contributed by atoms with Crippen molar-refractivity contribution < 1.29 is 9.47 Å². The van der Waals surface area contributed by atoms with Crippen LogP contribution in [0.15, 0.2) is 42.5 Å². The van der Waals surface area contributed by atoms with E-state index in [0.717, 1.165) is 32.5 Å². The van der Waals surface area contributed by atoms with Gasteiger partial charge < -0.3 is 14.8 Å². The summed E-state index contributed by atoms with van der Waals surface area (Å²) in [5.41, 5.74) is 1.88. The Morgan fingerprint density at radius 1 is 1.00 bits per heavy atom. The average Bonchev–Trinajstić information content (AvgIpc) is 2.88. The maximum atomic E-state index is 5.26. The van der Waals surface area contributed by atoms with E-state index in [1.165, 1.54) is 0 Å². The average molecular weight is 286 g/mol. The van der Waals surface area contributed by atoms with Gasteiger partial charge in [-0.3, -0.25) is 0 Å². The van der Waals surface area contributed by atoms with Gasteiger partial charge >= 0.3 is 0 Å². The number of rotatable bonds is 4. The first-order chi connectivity index (χ1) is 9.78. The molecule has 3 aromatic rings. The Bertz CT molecular complexity index is 684. The van der Waals surface area contributed by atoms with E-state index in [1.54, 1.807) is 25.6 Å². The maximum absolute atomic E-state index is 5.26. The van der Waals surface area contributed by atoms with E-state index in [-0.39, 0.29) is 0 Å². The van der Waals surface area contributed by atoms with E-state index in [2.05, 4.69) is 16.4 Å². The summed E-state index contributed by atoms with van der Waals surface area (Å²) in [7, 11) is 3.27. The lowest BCUT2D eigenvalue weighted by Gasteiger charge is -2.08. The standard InChI is InChI=1S/C15H14N2O2S/c1-18-11-7-10(8-12(9-11)19-2)16-15-17-13-5-3-4-6-14(13)20-15/h3-9H,1-2H3,(H,16,17). The highest BCUT2D eigenvalue weighted by molar-refractivity contribution is 7.22. The highest BCUT2D eigenvalue weighted by atomic mass is 32.1. The van der Waals surface area contributed by atoms with Crippen LogP contribution in [0.25, 0.3) is 10.2 Å². The molecular formula is C15H14N2O2S. The van der Waals surface area contributed by atoms with Crippen LogP contribution >= 0.6 is 11.3 Å². The molecule has 0 amide bonds. The molecule has 1 heterocycles. The molecule has 0 saturated carbocycles. The lowest BCUT2D eigenvalue weighted by Crippen LogP contribution is -1.93. The van der Waals surface area contributed by atoms with Crippen LogP contribution in [-0.2, 0) is 0 Å². The molecule has 4 nitrogen and oxygen atoms in total. The van der Waals surface area contributed by atoms with Crippen molar-refractivity contribution in [3.63, 3.8) is 0 Å². The third-order valence-corrected chi connectivity index (χ3v) is 3.85. The number of aromatic nitrogens is 1. The number of ether oxygens (including phenoxy) is 2. The third-order valence-electron chi connectivity index (χ3n) is 2.90. The normalized spacial score (nSPS) is 10.5. The van der Waals surface area contributed by atoms with Gasteiger partial charge in [0.25, 0.3) is 0 Å². The number of methoxy groups -OCH3 is 2. The van der Waals surface area contributed by atoms with Crippen molar-refractivity contribution in [1.29, 1.82) is 0 Å². The number of para-hydroxylation sites is 1. The van der Waals surface area contributed by atoms with Gasteiger partial charge in [0.05, 0.1) is 24.4 Å². The summed E-state index contributed by atoms with van der Waals surface area (Å²) in [5, 5.41) is 4.14. The number of nitrogens with one attached hydrogen (secondary N) is 1. The molecule has 1 aromatic heterocycles. The summed E-state index contributed by atoms with van der Waals surface area (Å²) in [6, 6.07) is 13.7. The van der Waals surface area contributed by atoms with Gasteiger partial charge in [-0.25, -0.2) is 4.98 Å². The Morgan fingerprint density at radius 3 is 2.35 bits per heavy atom. The number of hydrogen-bond acceptors (Lipinski definition) is 5. The fourth-order valence-electron chi connectivity index (χ4n) is 1.93. The monoisotopic (exact) mass is 286 g/mol. The Kier molecular flexibility index (Phi) is 3.43. The van der Waals surface area contributed by atoms with E-state index in [1.807, 2.05) is 36.4 Å². The SMILES string of the molecule is COc1cc(Nc2nc3ccccc3s2)cc(OC)c1. The minimum absolute atomic E-state index is 0.743. The second-order valence-corrected chi connectivity index (χ2v) is 5.24. The predicted molar refractivity (Wildman–Crippen MR) is 82.4 cm³/mol. The van der Waals surface area contributed by atoms with Gasteiger partial charge in [-0.15, -0.1) is 0 Å². The van der Waals surface area contributed by atoms with Gasteiger partial charge in [0.15, 0.2) is 5.13 Å². The summed E-state index contributed by atoms with van der Waals surface area (Å²) in [4.78, 5) is 4.54. The molecule has 20 heavy (non-hydrogen) atoms. The quantitative estimate of drug-likeness (QED) is 0.785. The topological polar surface area (TPSA) is 43.4 Å². The molecule has 0 aliphatic heterocycles. The lowest BCUT2D eigenvalue weighted by atomic mass is 10.3. The van der Waals surface area contributed by atoms with Crippen LogP contribution < -0.4 is 14.8 Å². The molecule has 0 aliphatic rings. The highest BCUT2D eigenvalue weighted by Crippen LogP contribution is 2.31. The predicted octanol–water partition coefficient (Wildman–Crippen LogP) is 4.06. The molecule has 102 valence electrons. The van der Waals surface area contributed by atoms with Crippen molar-refractivity contribution in [2.45, 2.75) is 0 Å². The smallest absolute Gasteiger partial charge is 0.188 e. The third kappa shape index (κ3) is 2.53. The van der Waals surface area contributed by atoms with E-state index in [4.69, 9.17) is 9.47 Å². The van der Waals surface area contributed by atoms with Crippen molar-refractivity contribution in [2.24, 2.45) is 0 Å². The minimum Gasteiger partial charge on any atom is -0.497 e. The fourth-order valence-corrected chi connectivity index (χ4v) is 2.81. The van der Waals surface area contributed by atoms with Crippen LogP contribution in [0.1, 0.15) is 0 Å². The van der Waals surface area contributed by atoms with E-state index in [0.29, 0.717) is 0 Å². The molecule has 0 atom stereocenters. The fraction of sp³-hybridized carbons (Fsp3) is 0.133. The van der Waals surface area contributed by atoms with E-state index >= 15 is 0 Å². The minimum atomic E-state index is 0.743. The summed E-state index contributed by atoms with van der Waals surface area (Å²) >= 11 is 1.62. The molecule has 0 radical (unpaired) electrons. The lowest BCUT2D eigenvalue weighted by molar-refractivity contribution is 0.395. The largest absolute Gasteiger partial charge is 0.497 e. The number of thiazole rings is 1. The van der Waals surface area contributed by atoms with Crippen LogP contribution in [0.2, 0.25) is 0 Å².